The van der Waals surface area contributed by atoms with E-state index in [-0.39, 0.29) is 11.2 Å². The SMILES string of the molecule is CN(CCS(C)(=O)=O)CC(C)(C)CBr. The minimum absolute atomic E-state index is 0.187. The van der Waals surface area contributed by atoms with Crippen LogP contribution in [0.15, 0.2) is 0 Å². The molecule has 0 heterocycles. The zero-order chi connectivity index (χ0) is 11.4. The Balaban J connectivity index is 3.94. The molecular formula is C9H20BrNO2S. The second-order valence-electron chi connectivity index (χ2n) is 4.67. The molecule has 0 fully saturated rings. The molecule has 0 radical (unpaired) electrons. The monoisotopic (exact) mass is 285 g/mol. The van der Waals surface area contributed by atoms with Crippen molar-refractivity contribution in [1.29, 1.82) is 0 Å². The van der Waals surface area contributed by atoms with E-state index in [2.05, 4.69) is 34.7 Å². The van der Waals surface area contributed by atoms with Crippen LogP contribution < -0.4 is 0 Å². The Morgan fingerprint density at radius 3 is 2.21 bits per heavy atom. The lowest BCUT2D eigenvalue weighted by atomic mass is 9.96. The Bertz CT molecular complexity index is 262. The summed E-state index contributed by atoms with van der Waals surface area (Å²) in [6.45, 7) is 5.81. The van der Waals surface area contributed by atoms with E-state index >= 15 is 0 Å². The van der Waals surface area contributed by atoms with Gasteiger partial charge < -0.3 is 4.90 Å². The van der Waals surface area contributed by atoms with Crippen LogP contribution in [0.4, 0.5) is 0 Å². The molecule has 0 aliphatic carbocycles. The zero-order valence-electron chi connectivity index (χ0n) is 9.38. The Hall–Kier alpha value is 0.390. The van der Waals surface area contributed by atoms with Crippen LogP contribution in [0.25, 0.3) is 0 Å². The zero-order valence-corrected chi connectivity index (χ0v) is 11.8. The third kappa shape index (κ3) is 7.76. The molecule has 0 bridgehead atoms. The van der Waals surface area contributed by atoms with Gasteiger partial charge in [-0.2, -0.15) is 0 Å². The number of alkyl halides is 1. The molecule has 0 amide bonds. The van der Waals surface area contributed by atoms with Gasteiger partial charge in [0.15, 0.2) is 0 Å². The van der Waals surface area contributed by atoms with Crippen LogP contribution >= 0.6 is 15.9 Å². The highest BCUT2D eigenvalue weighted by Gasteiger charge is 2.18. The molecule has 0 saturated carbocycles. The number of rotatable bonds is 6. The Kier molecular flexibility index (Phi) is 5.62. The van der Waals surface area contributed by atoms with E-state index in [1.54, 1.807) is 0 Å². The van der Waals surface area contributed by atoms with E-state index in [4.69, 9.17) is 0 Å². The molecule has 14 heavy (non-hydrogen) atoms. The van der Waals surface area contributed by atoms with Gasteiger partial charge in [0, 0.05) is 24.7 Å². The summed E-state index contributed by atoms with van der Waals surface area (Å²) in [6.07, 6.45) is 1.27. The number of nitrogens with zero attached hydrogens (tertiary/aromatic N) is 1. The summed E-state index contributed by atoms with van der Waals surface area (Å²) >= 11 is 3.45. The third-order valence-corrected chi connectivity index (χ3v) is 4.35. The molecule has 0 aliphatic heterocycles. The fourth-order valence-corrected chi connectivity index (χ4v) is 1.99. The van der Waals surface area contributed by atoms with E-state index in [0.717, 1.165) is 11.9 Å². The summed E-state index contributed by atoms with van der Waals surface area (Å²) < 4.78 is 21.9. The van der Waals surface area contributed by atoms with Gasteiger partial charge in [-0.05, 0) is 12.5 Å². The quantitative estimate of drug-likeness (QED) is 0.692. The minimum atomic E-state index is -2.83. The van der Waals surface area contributed by atoms with Crippen LogP contribution in [0.3, 0.4) is 0 Å². The first-order valence-electron chi connectivity index (χ1n) is 4.58. The van der Waals surface area contributed by atoms with Gasteiger partial charge in [-0.15, -0.1) is 0 Å². The Morgan fingerprint density at radius 1 is 1.36 bits per heavy atom. The van der Waals surface area contributed by atoms with E-state index in [9.17, 15) is 8.42 Å². The molecule has 0 atom stereocenters. The highest BCUT2D eigenvalue weighted by Crippen LogP contribution is 2.18. The van der Waals surface area contributed by atoms with Crippen molar-refractivity contribution in [2.24, 2.45) is 5.41 Å². The Morgan fingerprint density at radius 2 is 1.86 bits per heavy atom. The summed E-state index contributed by atoms with van der Waals surface area (Å²) in [5.74, 6) is 0.238. The molecule has 0 N–H and O–H groups in total. The van der Waals surface area contributed by atoms with Crippen molar-refractivity contribution in [3.63, 3.8) is 0 Å². The molecule has 0 aromatic carbocycles. The molecule has 0 aromatic heterocycles. The molecule has 0 saturated heterocycles. The first-order chi connectivity index (χ1) is 6.16. The van der Waals surface area contributed by atoms with Gasteiger partial charge >= 0.3 is 0 Å². The molecule has 0 rings (SSSR count). The van der Waals surface area contributed by atoms with E-state index in [0.29, 0.717) is 6.54 Å². The minimum Gasteiger partial charge on any atom is -0.305 e. The number of sulfone groups is 1. The standard InChI is InChI=1S/C9H20BrNO2S/c1-9(2,7-10)8-11(3)5-6-14(4,12)13/h5-8H2,1-4H3. The van der Waals surface area contributed by atoms with Crippen molar-refractivity contribution in [1.82, 2.24) is 4.90 Å². The number of hydrogen-bond donors (Lipinski definition) is 0. The topological polar surface area (TPSA) is 37.4 Å². The predicted octanol–water partition coefficient (Wildman–Crippen LogP) is 1.38. The number of halogens is 1. The van der Waals surface area contributed by atoms with Crippen LogP contribution in [0.1, 0.15) is 13.8 Å². The molecule has 5 heteroatoms. The summed E-state index contributed by atoms with van der Waals surface area (Å²) in [5, 5.41) is 0.920. The van der Waals surface area contributed by atoms with Gasteiger partial charge in [0.25, 0.3) is 0 Å². The summed E-state index contributed by atoms with van der Waals surface area (Å²) in [7, 11) is -0.881. The first-order valence-corrected chi connectivity index (χ1v) is 7.77. The number of hydrogen-bond acceptors (Lipinski definition) is 3. The van der Waals surface area contributed by atoms with Crippen molar-refractivity contribution >= 4 is 25.8 Å². The van der Waals surface area contributed by atoms with E-state index < -0.39 is 9.84 Å². The van der Waals surface area contributed by atoms with Gasteiger partial charge in [-0.3, -0.25) is 0 Å². The lowest BCUT2D eigenvalue weighted by Crippen LogP contribution is -2.35. The predicted molar refractivity (Wildman–Crippen MR) is 64.8 cm³/mol. The van der Waals surface area contributed by atoms with Crippen LogP contribution in [-0.4, -0.2) is 50.8 Å². The molecule has 86 valence electrons. The average molecular weight is 286 g/mol. The summed E-state index contributed by atoms with van der Waals surface area (Å²) in [6, 6.07) is 0. The smallest absolute Gasteiger partial charge is 0.148 e. The fourth-order valence-electron chi connectivity index (χ4n) is 1.17. The van der Waals surface area contributed by atoms with Crippen LogP contribution in [0.2, 0.25) is 0 Å². The summed E-state index contributed by atoms with van der Waals surface area (Å²) in [5.41, 5.74) is 0.187. The maximum atomic E-state index is 10.9. The van der Waals surface area contributed by atoms with Crippen LogP contribution in [0.5, 0.6) is 0 Å². The molecular weight excluding hydrogens is 266 g/mol. The van der Waals surface area contributed by atoms with Gasteiger partial charge in [-0.25, -0.2) is 8.42 Å². The lowest BCUT2D eigenvalue weighted by molar-refractivity contribution is 0.242. The maximum Gasteiger partial charge on any atom is 0.148 e. The molecule has 0 aliphatic rings. The van der Waals surface area contributed by atoms with Gasteiger partial charge in [0.1, 0.15) is 9.84 Å². The normalized spacial score (nSPS) is 13.6. The van der Waals surface area contributed by atoms with Crippen molar-refractivity contribution in [2.75, 3.05) is 37.5 Å². The first kappa shape index (κ1) is 14.4. The second-order valence-corrected chi connectivity index (χ2v) is 7.49. The van der Waals surface area contributed by atoms with Crippen molar-refractivity contribution in [2.45, 2.75) is 13.8 Å². The average Bonchev–Trinajstić information content (AvgIpc) is 1.99. The van der Waals surface area contributed by atoms with E-state index in [1.165, 1.54) is 6.26 Å². The molecule has 3 nitrogen and oxygen atoms in total. The molecule has 0 spiro atoms. The third-order valence-electron chi connectivity index (χ3n) is 1.90. The van der Waals surface area contributed by atoms with Gasteiger partial charge in [0.05, 0.1) is 5.75 Å². The Labute approximate surface area is 95.9 Å². The van der Waals surface area contributed by atoms with Crippen molar-refractivity contribution < 1.29 is 8.42 Å². The van der Waals surface area contributed by atoms with Gasteiger partial charge in [0.2, 0.25) is 0 Å². The summed E-state index contributed by atoms with van der Waals surface area (Å²) in [4.78, 5) is 2.06. The lowest BCUT2D eigenvalue weighted by Gasteiger charge is -2.28. The maximum absolute atomic E-state index is 10.9. The van der Waals surface area contributed by atoms with E-state index in [1.807, 2.05) is 7.05 Å². The van der Waals surface area contributed by atoms with Crippen LogP contribution in [0, 0.1) is 5.41 Å². The van der Waals surface area contributed by atoms with Crippen molar-refractivity contribution in [3.05, 3.63) is 0 Å². The van der Waals surface area contributed by atoms with Crippen molar-refractivity contribution in [3.8, 4) is 0 Å². The molecule has 0 unspecified atom stereocenters. The highest BCUT2D eigenvalue weighted by atomic mass is 79.9. The largest absolute Gasteiger partial charge is 0.305 e. The second kappa shape index (κ2) is 5.47. The highest BCUT2D eigenvalue weighted by molar-refractivity contribution is 9.09. The van der Waals surface area contributed by atoms with Gasteiger partial charge in [-0.1, -0.05) is 29.8 Å². The molecule has 0 aromatic rings. The fraction of sp³-hybridized carbons (Fsp3) is 1.00. The van der Waals surface area contributed by atoms with Crippen LogP contribution in [-0.2, 0) is 9.84 Å².